The van der Waals surface area contributed by atoms with Gasteiger partial charge in [-0.15, -0.1) is 0 Å². The minimum atomic E-state index is -5.06. The van der Waals surface area contributed by atoms with Crippen molar-refractivity contribution in [3.8, 4) is 17.3 Å². The van der Waals surface area contributed by atoms with Crippen LogP contribution in [0.2, 0.25) is 0 Å². The number of aromatic nitrogens is 6. The highest BCUT2D eigenvalue weighted by molar-refractivity contribution is 6.05. The molecule has 0 fully saturated rings. The van der Waals surface area contributed by atoms with Gasteiger partial charge in [-0.3, -0.25) is 14.3 Å². The van der Waals surface area contributed by atoms with Gasteiger partial charge < -0.3 is 10.1 Å². The maximum atomic E-state index is 15.0. The van der Waals surface area contributed by atoms with Gasteiger partial charge in [0.1, 0.15) is 11.3 Å². The summed E-state index contributed by atoms with van der Waals surface area (Å²) in [6.45, 7) is 3.54. The number of rotatable bonds is 6. The van der Waals surface area contributed by atoms with Gasteiger partial charge in [-0.25, -0.2) is 28.2 Å². The zero-order valence-corrected chi connectivity index (χ0v) is 20.6. The normalized spacial score (nSPS) is 11.8. The number of alkyl halides is 3. The number of benzene rings is 1. The first-order valence-electron chi connectivity index (χ1n) is 11.6. The molecule has 0 saturated heterocycles. The molecule has 0 atom stereocenters. The number of anilines is 1. The number of carbonyl (C=O) groups excluding carboxylic acids is 1. The first-order valence-corrected chi connectivity index (χ1v) is 11.6. The summed E-state index contributed by atoms with van der Waals surface area (Å²) in [5, 5.41) is 5.75. The molecule has 206 valence electrons. The van der Waals surface area contributed by atoms with Crippen LogP contribution in [-0.4, -0.2) is 35.2 Å². The van der Waals surface area contributed by atoms with E-state index in [1.807, 2.05) is 0 Å². The average molecular weight is 559 g/mol. The number of aromatic amines is 1. The minimum absolute atomic E-state index is 0.126. The fraction of sp³-hybridized carbons (Fsp3) is 0.160. The number of nitrogens with one attached hydrogen (secondary N) is 2. The van der Waals surface area contributed by atoms with Gasteiger partial charge in [-0.1, -0.05) is 0 Å². The van der Waals surface area contributed by atoms with E-state index in [0.717, 1.165) is 30.5 Å². The summed E-state index contributed by atoms with van der Waals surface area (Å²) in [6, 6.07) is 6.06. The van der Waals surface area contributed by atoms with Gasteiger partial charge in [0.2, 0.25) is 0 Å². The highest BCUT2D eigenvalue weighted by Gasteiger charge is 2.41. The van der Waals surface area contributed by atoms with Crippen molar-refractivity contribution in [2.75, 3.05) is 5.32 Å². The molecule has 0 aliphatic heterocycles. The predicted molar refractivity (Wildman–Crippen MR) is 131 cm³/mol. The molecule has 0 aliphatic carbocycles. The monoisotopic (exact) mass is 559 g/mol. The highest BCUT2D eigenvalue weighted by Crippen LogP contribution is 2.35. The van der Waals surface area contributed by atoms with E-state index in [1.54, 1.807) is 13.8 Å². The van der Waals surface area contributed by atoms with Crippen LogP contribution in [0.15, 0.2) is 59.8 Å². The molecule has 0 spiro atoms. The van der Waals surface area contributed by atoms with Crippen molar-refractivity contribution in [1.82, 2.24) is 29.3 Å². The van der Waals surface area contributed by atoms with E-state index in [1.165, 1.54) is 22.9 Å². The van der Waals surface area contributed by atoms with Gasteiger partial charge in [-0.2, -0.15) is 18.3 Å². The summed E-state index contributed by atoms with van der Waals surface area (Å²) in [5.74, 6) is -3.70. The van der Waals surface area contributed by atoms with Gasteiger partial charge in [0.15, 0.2) is 34.5 Å². The Morgan fingerprint density at radius 3 is 2.48 bits per heavy atom. The molecule has 0 bridgehead atoms. The van der Waals surface area contributed by atoms with Crippen LogP contribution in [0.1, 0.15) is 35.9 Å². The number of halogens is 5. The Morgan fingerprint density at radius 1 is 1.05 bits per heavy atom. The maximum absolute atomic E-state index is 15.0. The lowest BCUT2D eigenvalue weighted by molar-refractivity contribution is -0.143. The zero-order chi connectivity index (χ0) is 28.8. The van der Waals surface area contributed by atoms with Crippen molar-refractivity contribution in [2.45, 2.75) is 26.1 Å². The van der Waals surface area contributed by atoms with Crippen LogP contribution >= 0.6 is 0 Å². The Bertz CT molecular complexity index is 1810. The first-order chi connectivity index (χ1) is 18.9. The fourth-order valence-electron chi connectivity index (χ4n) is 4.05. The molecule has 0 saturated carbocycles. The predicted octanol–water partition coefficient (Wildman–Crippen LogP) is 5.23. The van der Waals surface area contributed by atoms with Crippen molar-refractivity contribution in [3.05, 3.63) is 88.4 Å². The molecule has 4 aromatic heterocycles. The summed E-state index contributed by atoms with van der Waals surface area (Å²) in [4.78, 5) is 35.4. The van der Waals surface area contributed by atoms with Crippen molar-refractivity contribution < 1.29 is 31.5 Å². The van der Waals surface area contributed by atoms with Crippen LogP contribution in [0.4, 0.5) is 27.6 Å². The Labute approximate surface area is 221 Å². The molecule has 1 amide bonds. The fourth-order valence-corrected chi connectivity index (χ4v) is 4.05. The molecule has 15 heteroatoms. The molecule has 5 rings (SSSR count). The number of H-pyrrole nitrogens is 1. The summed E-state index contributed by atoms with van der Waals surface area (Å²) in [5.41, 5.74) is -2.45. The SMILES string of the molecule is CC(C)n1c(=O)[nH]c2nccc(Oc3ccc(NC(=O)c4cnn(-c5cc(F)ccn5)c4C(F)(F)F)cc3F)c21. The van der Waals surface area contributed by atoms with Gasteiger partial charge in [0, 0.05) is 42.3 Å². The van der Waals surface area contributed by atoms with E-state index >= 15 is 0 Å². The highest BCUT2D eigenvalue weighted by atomic mass is 19.4. The van der Waals surface area contributed by atoms with Crippen molar-refractivity contribution in [3.63, 3.8) is 0 Å². The van der Waals surface area contributed by atoms with Gasteiger partial charge >= 0.3 is 11.9 Å². The van der Waals surface area contributed by atoms with Gasteiger partial charge in [0.25, 0.3) is 5.91 Å². The number of hydrogen-bond acceptors (Lipinski definition) is 6. The van der Waals surface area contributed by atoms with Crippen molar-refractivity contribution >= 4 is 22.8 Å². The molecule has 5 aromatic rings. The Kier molecular flexibility index (Phi) is 6.57. The summed E-state index contributed by atoms with van der Waals surface area (Å²) in [6.07, 6.45) is -2.10. The lowest BCUT2D eigenvalue weighted by Gasteiger charge is -2.13. The number of fused-ring (bicyclic) bond motifs is 1. The van der Waals surface area contributed by atoms with Gasteiger partial charge in [-0.05, 0) is 32.0 Å². The number of carbonyl (C=O) groups is 1. The second kappa shape index (κ2) is 9.91. The number of ether oxygens (including phenoxy) is 1. The molecule has 4 heterocycles. The van der Waals surface area contributed by atoms with E-state index in [4.69, 9.17) is 4.74 Å². The standard InChI is InChI=1S/C25H18F5N7O3/c1-12(2)36-20-18(6-8-32-22(20)35-24(36)39)40-17-4-3-14(10-16(17)27)34-23(38)15-11-33-37(21(15)25(28,29)30)19-9-13(26)5-7-31-19/h3-12H,1-2H3,(H,34,38)(H,32,35,39). The van der Waals surface area contributed by atoms with Crippen LogP contribution in [0.5, 0.6) is 11.5 Å². The van der Waals surface area contributed by atoms with Crippen molar-refractivity contribution in [1.29, 1.82) is 0 Å². The molecule has 40 heavy (non-hydrogen) atoms. The average Bonchev–Trinajstić information content (AvgIpc) is 3.47. The van der Waals surface area contributed by atoms with E-state index in [9.17, 15) is 31.5 Å². The van der Waals surface area contributed by atoms with Crippen molar-refractivity contribution in [2.24, 2.45) is 0 Å². The molecule has 0 unspecified atom stereocenters. The number of pyridine rings is 2. The number of hydrogen-bond donors (Lipinski definition) is 2. The Morgan fingerprint density at radius 2 is 1.80 bits per heavy atom. The summed E-state index contributed by atoms with van der Waals surface area (Å²) >= 11 is 0. The number of nitrogens with zero attached hydrogens (tertiary/aromatic N) is 5. The quantitative estimate of drug-likeness (QED) is 0.275. The third kappa shape index (κ3) is 4.88. The number of imidazole rings is 1. The Balaban J connectivity index is 1.43. The molecule has 10 nitrogen and oxygen atoms in total. The molecule has 1 aromatic carbocycles. The second-order valence-corrected chi connectivity index (χ2v) is 8.75. The molecular weight excluding hydrogens is 541 g/mol. The van der Waals surface area contributed by atoms with Crippen LogP contribution < -0.4 is 15.7 Å². The lowest BCUT2D eigenvalue weighted by Crippen LogP contribution is -2.21. The zero-order valence-electron chi connectivity index (χ0n) is 20.6. The largest absolute Gasteiger partial charge is 0.452 e. The third-order valence-electron chi connectivity index (χ3n) is 5.71. The molecular formula is C25H18F5N7O3. The number of amides is 1. The molecule has 0 aliphatic rings. The molecule has 2 N–H and O–H groups in total. The molecule has 0 radical (unpaired) electrons. The summed E-state index contributed by atoms with van der Waals surface area (Å²) in [7, 11) is 0. The van der Waals surface area contributed by atoms with Gasteiger partial charge in [0.05, 0.1) is 11.8 Å². The summed E-state index contributed by atoms with van der Waals surface area (Å²) < 4.78 is 77.5. The van der Waals surface area contributed by atoms with Crippen LogP contribution in [0.3, 0.4) is 0 Å². The van der Waals surface area contributed by atoms with E-state index in [0.29, 0.717) is 16.4 Å². The minimum Gasteiger partial charge on any atom is -0.452 e. The second-order valence-electron chi connectivity index (χ2n) is 8.75. The Hall–Kier alpha value is -5.08. The van der Waals surface area contributed by atoms with Crippen LogP contribution in [0, 0.1) is 11.6 Å². The maximum Gasteiger partial charge on any atom is 0.434 e. The third-order valence-corrected chi connectivity index (χ3v) is 5.71. The lowest BCUT2D eigenvalue weighted by atomic mass is 10.2. The van der Waals surface area contributed by atoms with Crippen LogP contribution in [0.25, 0.3) is 17.0 Å². The first kappa shape index (κ1) is 26.5. The smallest absolute Gasteiger partial charge is 0.434 e. The van der Waals surface area contributed by atoms with E-state index < -0.39 is 46.5 Å². The van der Waals surface area contributed by atoms with E-state index in [-0.39, 0.29) is 28.9 Å². The van der Waals surface area contributed by atoms with Crippen LogP contribution in [-0.2, 0) is 6.18 Å². The topological polar surface area (TPSA) is 120 Å². The van der Waals surface area contributed by atoms with E-state index in [2.05, 4.69) is 25.4 Å².